The number of nitrogens with zero attached hydrogens (tertiary/aromatic N) is 3. The van der Waals surface area contributed by atoms with Crippen molar-refractivity contribution in [2.24, 2.45) is 11.8 Å². The van der Waals surface area contributed by atoms with Gasteiger partial charge in [-0.2, -0.15) is 0 Å². The van der Waals surface area contributed by atoms with Crippen molar-refractivity contribution >= 4 is 16.8 Å². The van der Waals surface area contributed by atoms with Crippen LogP contribution in [0.15, 0.2) is 35.4 Å². The highest BCUT2D eigenvalue weighted by atomic mass is 16.2. The maximum atomic E-state index is 12.6. The monoisotopic (exact) mass is 339 g/mol. The van der Waals surface area contributed by atoms with E-state index in [4.69, 9.17) is 0 Å². The molecule has 1 aromatic carbocycles. The fraction of sp³-hybridized carbons (Fsp3) is 0.550. The Kier molecular flexibility index (Phi) is 4.55. The van der Waals surface area contributed by atoms with E-state index < -0.39 is 0 Å². The molecule has 1 aliphatic carbocycles. The molecule has 0 bridgehead atoms. The van der Waals surface area contributed by atoms with E-state index in [2.05, 4.69) is 4.98 Å². The zero-order valence-electron chi connectivity index (χ0n) is 14.6. The minimum absolute atomic E-state index is 0.0425. The van der Waals surface area contributed by atoms with Gasteiger partial charge < -0.3 is 4.90 Å². The number of amides is 1. The number of carbonyl (C=O) groups excluding carboxylic acids is 1. The van der Waals surface area contributed by atoms with E-state index in [1.165, 1.54) is 0 Å². The number of hydrogen-bond donors (Lipinski definition) is 0. The molecule has 132 valence electrons. The predicted molar refractivity (Wildman–Crippen MR) is 97.3 cm³/mol. The van der Waals surface area contributed by atoms with Gasteiger partial charge in [-0.05, 0) is 56.6 Å². The van der Waals surface area contributed by atoms with E-state index in [-0.39, 0.29) is 11.5 Å². The minimum Gasteiger partial charge on any atom is -0.342 e. The van der Waals surface area contributed by atoms with Crippen molar-refractivity contribution in [1.82, 2.24) is 14.5 Å². The Hall–Kier alpha value is -2.17. The zero-order chi connectivity index (χ0) is 17.2. The van der Waals surface area contributed by atoms with Crippen molar-refractivity contribution in [2.45, 2.75) is 45.1 Å². The third kappa shape index (κ3) is 3.32. The predicted octanol–water partition coefficient (Wildman–Crippen LogP) is 2.83. The van der Waals surface area contributed by atoms with Crippen LogP contribution in [0.3, 0.4) is 0 Å². The van der Waals surface area contributed by atoms with Crippen molar-refractivity contribution in [3.8, 4) is 0 Å². The van der Waals surface area contributed by atoms with Crippen LogP contribution in [-0.4, -0.2) is 33.4 Å². The van der Waals surface area contributed by atoms with Crippen LogP contribution >= 0.6 is 0 Å². The second-order valence-electron chi connectivity index (χ2n) is 7.47. The molecule has 25 heavy (non-hydrogen) atoms. The molecular formula is C20H25N3O2. The molecule has 0 spiro atoms. The molecule has 0 radical (unpaired) electrons. The van der Waals surface area contributed by atoms with Gasteiger partial charge in [0.15, 0.2) is 0 Å². The summed E-state index contributed by atoms with van der Waals surface area (Å²) in [4.78, 5) is 31.6. The number of carbonyl (C=O) groups is 1. The average Bonchev–Trinajstić information content (AvgIpc) is 3.19. The van der Waals surface area contributed by atoms with Gasteiger partial charge in [0.05, 0.1) is 17.2 Å². The number of benzene rings is 1. The first-order chi connectivity index (χ1) is 12.2. The van der Waals surface area contributed by atoms with Crippen LogP contribution < -0.4 is 5.56 Å². The maximum Gasteiger partial charge on any atom is 0.261 e. The third-order valence-corrected chi connectivity index (χ3v) is 5.80. The van der Waals surface area contributed by atoms with E-state index in [9.17, 15) is 9.59 Å². The lowest BCUT2D eigenvalue weighted by atomic mass is 9.81. The normalized spacial score (nSPS) is 23.9. The fourth-order valence-electron chi connectivity index (χ4n) is 4.30. The fourth-order valence-corrected chi connectivity index (χ4v) is 4.30. The van der Waals surface area contributed by atoms with Gasteiger partial charge in [0.2, 0.25) is 5.91 Å². The molecule has 2 heterocycles. The summed E-state index contributed by atoms with van der Waals surface area (Å²) in [5.74, 6) is 1.02. The highest BCUT2D eigenvalue weighted by molar-refractivity contribution is 5.79. The van der Waals surface area contributed by atoms with Gasteiger partial charge in [0, 0.05) is 25.6 Å². The number of para-hydroxylation sites is 1. The molecule has 1 saturated heterocycles. The Balaban J connectivity index is 1.39. The Morgan fingerprint density at radius 3 is 2.56 bits per heavy atom. The lowest BCUT2D eigenvalue weighted by Gasteiger charge is -2.30. The molecule has 2 aromatic rings. The summed E-state index contributed by atoms with van der Waals surface area (Å²) in [7, 11) is 0. The maximum absolute atomic E-state index is 12.6. The van der Waals surface area contributed by atoms with Gasteiger partial charge in [-0.15, -0.1) is 0 Å². The van der Waals surface area contributed by atoms with Gasteiger partial charge in [-0.25, -0.2) is 4.98 Å². The molecule has 2 fully saturated rings. The number of hydrogen-bond acceptors (Lipinski definition) is 3. The molecule has 4 rings (SSSR count). The SMILES string of the molecule is O=C(C1CCC(Cn2cnc3ccccc3c2=O)CC1)N1CCCC1. The summed E-state index contributed by atoms with van der Waals surface area (Å²) >= 11 is 0. The van der Waals surface area contributed by atoms with Crippen LogP contribution in [0, 0.1) is 11.8 Å². The quantitative estimate of drug-likeness (QED) is 0.864. The summed E-state index contributed by atoms with van der Waals surface area (Å²) in [6.07, 6.45) is 7.92. The van der Waals surface area contributed by atoms with Crippen molar-refractivity contribution in [1.29, 1.82) is 0 Å². The van der Waals surface area contributed by atoms with E-state index >= 15 is 0 Å². The molecule has 1 aromatic heterocycles. The Labute approximate surface area is 147 Å². The van der Waals surface area contributed by atoms with Gasteiger partial charge >= 0.3 is 0 Å². The summed E-state index contributed by atoms with van der Waals surface area (Å²) in [5.41, 5.74) is 0.796. The molecule has 0 atom stereocenters. The second kappa shape index (κ2) is 6.98. The molecule has 5 nitrogen and oxygen atoms in total. The number of aromatic nitrogens is 2. The topological polar surface area (TPSA) is 55.2 Å². The van der Waals surface area contributed by atoms with E-state index in [0.717, 1.165) is 57.1 Å². The van der Waals surface area contributed by atoms with Crippen molar-refractivity contribution in [3.63, 3.8) is 0 Å². The van der Waals surface area contributed by atoms with Crippen LogP contribution in [0.25, 0.3) is 10.9 Å². The summed E-state index contributed by atoms with van der Waals surface area (Å²) < 4.78 is 1.75. The van der Waals surface area contributed by atoms with Crippen LogP contribution in [0.5, 0.6) is 0 Å². The minimum atomic E-state index is 0.0425. The average molecular weight is 339 g/mol. The molecule has 2 aliphatic rings. The standard InChI is InChI=1S/C20H25N3O2/c24-19(22-11-3-4-12-22)16-9-7-15(8-10-16)13-23-14-21-18-6-2-1-5-17(18)20(23)25/h1-2,5-6,14-16H,3-4,7-13H2. The Bertz CT molecular complexity index is 815. The van der Waals surface area contributed by atoms with Crippen LogP contribution in [0.1, 0.15) is 38.5 Å². The molecule has 0 N–H and O–H groups in total. The van der Waals surface area contributed by atoms with Gasteiger partial charge in [0.1, 0.15) is 0 Å². The summed E-state index contributed by atoms with van der Waals surface area (Å²) in [5, 5.41) is 0.683. The zero-order valence-corrected chi connectivity index (χ0v) is 14.6. The van der Waals surface area contributed by atoms with E-state index in [1.54, 1.807) is 10.9 Å². The summed E-state index contributed by atoms with van der Waals surface area (Å²) in [6, 6.07) is 7.49. The first-order valence-electron chi connectivity index (χ1n) is 9.45. The number of fused-ring (bicyclic) bond motifs is 1. The molecule has 5 heteroatoms. The molecule has 1 amide bonds. The van der Waals surface area contributed by atoms with Crippen molar-refractivity contribution in [2.75, 3.05) is 13.1 Å². The van der Waals surface area contributed by atoms with Crippen molar-refractivity contribution < 1.29 is 4.79 Å². The summed E-state index contributed by atoms with van der Waals surface area (Å²) in [6.45, 7) is 2.59. The Morgan fingerprint density at radius 2 is 1.80 bits per heavy atom. The van der Waals surface area contributed by atoms with Crippen LogP contribution in [-0.2, 0) is 11.3 Å². The largest absolute Gasteiger partial charge is 0.342 e. The highest BCUT2D eigenvalue weighted by Crippen LogP contribution is 2.31. The molecular weight excluding hydrogens is 314 g/mol. The number of likely N-dealkylation sites (tertiary alicyclic amines) is 1. The number of rotatable bonds is 3. The van der Waals surface area contributed by atoms with Gasteiger partial charge in [-0.3, -0.25) is 14.2 Å². The Morgan fingerprint density at radius 1 is 1.08 bits per heavy atom. The molecule has 0 unspecified atom stereocenters. The lowest BCUT2D eigenvalue weighted by Crippen LogP contribution is -2.36. The van der Waals surface area contributed by atoms with Gasteiger partial charge in [-0.1, -0.05) is 12.1 Å². The first kappa shape index (κ1) is 16.3. The lowest BCUT2D eigenvalue weighted by molar-refractivity contribution is -0.135. The first-order valence-corrected chi connectivity index (χ1v) is 9.45. The van der Waals surface area contributed by atoms with Crippen LogP contribution in [0.4, 0.5) is 0 Å². The molecule has 1 saturated carbocycles. The highest BCUT2D eigenvalue weighted by Gasteiger charge is 2.30. The van der Waals surface area contributed by atoms with E-state index in [0.29, 0.717) is 23.8 Å². The van der Waals surface area contributed by atoms with Gasteiger partial charge in [0.25, 0.3) is 5.56 Å². The van der Waals surface area contributed by atoms with Crippen molar-refractivity contribution in [3.05, 3.63) is 40.9 Å². The third-order valence-electron chi connectivity index (χ3n) is 5.80. The molecule has 1 aliphatic heterocycles. The second-order valence-corrected chi connectivity index (χ2v) is 7.47. The van der Waals surface area contributed by atoms with E-state index in [1.807, 2.05) is 29.2 Å². The smallest absolute Gasteiger partial charge is 0.261 e. The van der Waals surface area contributed by atoms with Crippen LogP contribution in [0.2, 0.25) is 0 Å².